The van der Waals surface area contributed by atoms with Crippen molar-refractivity contribution in [1.82, 2.24) is 0 Å². The fourth-order valence-electron chi connectivity index (χ4n) is 0.758. The van der Waals surface area contributed by atoms with Crippen LogP contribution in [-0.4, -0.2) is 24.4 Å². The predicted molar refractivity (Wildman–Crippen MR) is 41.6 cm³/mol. The van der Waals surface area contributed by atoms with Gasteiger partial charge in [0.05, 0.1) is 12.8 Å². The molecule has 0 saturated carbocycles. The maximum atomic E-state index is 5.14. The molecule has 0 saturated heterocycles. The van der Waals surface area contributed by atoms with E-state index in [4.69, 9.17) is 4.74 Å². The Morgan fingerprint density at radius 1 is 1.60 bits per heavy atom. The molecule has 0 unspecified atom stereocenters. The molecule has 3 nitrogen and oxygen atoms in total. The minimum absolute atomic E-state index is 0.301. The standard InChI is InChI=1S/C7H12N2O/c1-4-10-6-5-8-7(2,3)9-6/h5H,4H2,1-3H3. The Bertz CT molecular complexity index is 182. The zero-order chi connectivity index (χ0) is 7.61. The molecular formula is C7H12N2O. The maximum Gasteiger partial charge on any atom is 0.229 e. The van der Waals surface area contributed by atoms with Crippen molar-refractivity contribution in [2.45, 2.75) is 26.4 Å². The molecule has 1 heterocycles. The molecule has 0 fully saturated rings. The van der Waals surface area contributed by atoms with Gasteiger partial charge in [0.1, 0.15) is 5.66 Å². The molecular weight excluding hydrogens is 128 g/mol. The minimum Gasteiger partial charge on any atom is -0.477 e. The Kier molecular flexibility index (Phi) is 1.74. The van der Waals surface area contributed by atoms with Crippen molar-refractivity contribution >= 4 is 12.1 Å². The van der Waals surface area contributed by atoms with Crippen LogP contribution >= 0.6 is 0 Å². The molecule has 1 aliphatic heterocycles. The number of nitrogens with zero attached hydrogens (tertiary/aromatic N) is 2. The minimum atomic E-state index is -0.301. The third-order valence-corrected chi connectivity index (χ3v) is 1.17. The average molecular weight is 140 g/mol. The molecule has 0 spiro atoms. The SMILES string of the molecule is CCOC1=NC(C)(C)N=C1. The first-order chi connectivity index (χ1) is 4.64. The second kappa shape index (κ2) is 2.40. The smallest absolute Gasteiger partial charge is 0.229 e. The summed E-state index contributed by atoms with van der Waals surface area (Å²) in [7, 11) is 0. The fraction of sp³-hybridized carbons (Fsp3) is 0.714. The van der Waals surface area contributed by atoms with Crippen LogP contribution in [0.25, 0.3) is 0 Å². The highest BCUT2D eigenvalue weighted by atomic mass is 16.5. The molecule has 0 aliphatic carbocycles. The van der Waals surface area contributed by atoms with Crippen LogP contribution in [0, 0.1) is 0 Å². The summed E-state index contributed by atoms with van der Waals surface area (Å²) in [6, 6.07) is 0. The Labute approximate surface area is 60.8 Å². The van der Waals surface area contributed by atoms with E-state index < -0.39 is 0 Å². The normalized spacial score (nSPS) is 20.9. The third kappa shape index (κ3) is 1.56. The summed E-state index contributed by atoms with van der Waals surface area (Å²) < 4.78 is 5.14. The van der Waals surface area contributed by atoms with Crippen LogP contribution in [0.3, 0.4) is 0 Å². The van der Waals surface area contributed by atoms with Gasteiger partial charge in [0.25, 0.3) is 0 Å². The quantitative estimate of drug-likeness (QED) is 0.539. The van der Waals surface area contributed by atoms with Gasteiger partial charge >= 0.3 is 0 Å². The second-order valence-corrected chi connectivity index (χ2v) is 2.64. The van der Waals surface area contributed by atoms with Gasteiger partial charge in [-0.1, -0.05) is 0 Å². The van der Waals surface area contributed by atoms with Crippen LogP contribution in [-0.2, 0) is 4.74 Å². The van der Waals surface area contributed by atoms with Crippen LogP contribution in [0.1, 0.15) is 20.8 Å². The van der Waals surface area contributed by atoms with Gasteiger partial charge in [-0.3, -0.25) is 4.99 Å². The summed E-state index contributed by atoms with van der Waals surface area (Å²) in [5.74, 6) is 0.646. The first-order valence-electron chi connectivity index (χ1n) is 3.42. The van der Waals surface area contributed by atoms with Crippen molar-refractivity contribution in [2.75, 3.05) is 6.61 Å². The number of aliphatic imine (C=N–C) groups is 2. The molecule has 0 amide bonds. The van der Waals surface area contributed by atoms with Gasteiger partial charge in [-0.25, -0.2) is 4.99 Å². The highest BCUT2D eigenvalue weighted by Crippen LogP contribution is 2.14. The van der Waals surface area contributed by atoms with Crippen molar-refractivity contribution in [1.29, 1.82) is 0 Å². The molecule has 10 heavy (non-hydrogen) atoms. The highest BCUT2D eigenvalue weighted by Gasteiger charge is 2.19. The lowest BCUT2D eigenvalue weighted by atomic mass is 10.3. The summed E-state index contributed by atoms with van der Waals surface area (Å²) in [5.41, 5.74) is -0.301. The van der Waals surface area contributed by atoms with E-state index in [1.807, 2.05) is 20.8 Å². The van der Waals surface area contributed by atoms with E-state index in [0.717, 1.165) is 0 Å². The summed E-state index contributed by atoms with van der Waals surface area (Å²) in [6.45, 7) is 6.47. The van der Waals surface area contributed by atoms with E-state index in [2.05, 4.69) is 9.98 Å². The number of rotatable bonds is 1. The van der Waals surface area contributed by atoms with Gasteiger partial charge in [0.15, 0.2) is 0 Å². The van der Waals surface area contributed by atoms with Gasteiger partial charge in [-0.2, -0.15) is 0 Å². The monoisotopic (exact) mass is 140 g/mol. The molecule has 1 aliphatic rings. The van der Waals surface area contributed by atoms with Crippen LogP contribution in [0.4, 0.5) is 0 Å². The van der Waals surface area contributed by atoms with Crippen molar-refractivity contribution in [3.8, 4) is 0 Å². The lowest BCUT2D eigenvalue weighted by Gasteiger charge is -2.07. The van der Waals surface area contributed by atoms with E-state index in [-0.39, 0.29) is 5.66 Å². The van der Waals surface area contributed by atoms with Gasteiger partial charge in [0, 0.05) is 0 Å². The van der Waals surface area contributed by atoms with Crippen LogP contribution in [0.2, 0.25) is 0 Å². The van der Waals surface area contributed by atoms with Crippen molar-refractivity contribution in [2.24, 2.45) is 9.98 Å². The largest absolute Gasteiger partial charge is 0.477 e. The predicted octanol–water partition coefficient (Wildman–Crippen LogP) is 1.24. The Balaban J connectivity index is 2.59. The summed E-state index contributed by atoms with van der Waals surface area (Å²) in [6.07, 6.45) is 1.67. The van der Waals surface area contributed by atoms with Gasteiger partial charge in [-0.05, 0) is 20.8 Å². The van der Waals surface area contributed by atoms with Crippen molar-refractivity contribution in [3.63, 3.8) is 0 Å². The molecule has 1 rings (SSSR count). The highest BCUT2D eigenvalue weighted by molar-refractivity contribution is 6.27. The van der Waals surface area contributed by atoms with E-state index >= 15 is 0 Å². The Hall–Kier alpha value is -0.860. The first kappa shape index (κ1) is 7.25. The van der Waals surface area contributed by atoms with E-state index in [1.54, 1.807) is 6.21 Å². The molecule has 0 aromatic carbocycles. The second-order valence-electron chi connectivity index (χ2n) is 2.64. The average Bonchev–Trinajstić information content (AvgIpc) is 2.12. The van der Waals surface area contributed by atoms with Gasteiger partial charge in [0.2, 0.25) is 5.90 Å². The summed E-state index contributed by atoms with van der Waals surface area (Å²) in [4.78, 5) is 8.30. The summed E-state index contributed by atoms with van der Waals surface area (Å²) >= 11 is 0. The van der Waals surface area contributed by atoms with E-state index in [9.17, 15) is 0 Å². The summed E-state index contributed by atoms with van der Waals surface area (Å²) in [5, 5.41) is 0. The van der Waals surface area contributed by atoms with Crippen molar-refractivity contribution < 1.29 is 4.74 Å². The topological polar surface area (TPSA) is 34.0 Å². The van der Waals surface area contributed by atoms with Crippen LogP contribution in [0.5, 0.6) is 0 Å². The Morgan fingerprint density at radius 2 is 2.30 bits per heavy atom. The molecule has 0 atom stereocenters. The zero-order valence-electron chi connectivity index (χ0n) is 6.59. The molecule has 0 aromatic heterocycles. The number of hydrogen-bond donors (Lipinski definition) is 0. The lowest BCUT2D eigenvalue weighted by molar-refractivity contribution is 0.331. The van der Waals surface area contributed by atoms with Crippen LogP contribution < -0.4 is 0 Å². The lowest BCUT2D eigenvalue weighted by Crippen LogP contribution is -2.09. The number of ether oxygens (including phenoxy) is 1. The number of hydrogen-bond acceptors (Lipinski definition) is 3. The van der Waals surface area contributed by atoms with E-state index in [0.29, 0.717) is 12.5 Å². The Morgan fingerprint density at radius 3 is 2.70 bits per heavy atom. The molecule has 0 radical (unpaired) electrons. The zero-order valence-corrected chi connectivity index (χ0v) is 6.59. The van der Waals surface area contributed by atoms with E-state index in [1.165, 1.54) is 0 Å². The van der Waals surface area contributed by atoms with Gasteiger partial charge in [-0.15, -0.1) is 0 Å². The van der Waals surface area contributed by atoms with Gasteiger partial charge < -0.3 is 4.74 Å². The van der Waals surface area contributed by atoms with Crippen molar-refractivity contribution in [3.05, 3.63) is 0 Å². The maximum absolute atomic E-state index is 5.14. The van der Waals surface area contributed by atoms with Crippen LogP contribution in [0.15, 0.2) is 9.98 Å². The molecule has 0 aromatic rings. The third-order valence-electron chi connectivity index (χ3n) is 1.17. The molecule has 0 bridgehead atoms. The first-order valence-corrected chi connectivity index (χ1v) is 3.42. The molecule has 56 valence electrons. The molecule has 3 heteroatoms. The molecule has 0 N–H and O–H groups in total. The fourth-order valence-corrected chi connectivity index (χ4v) is 0.758.